The lowest BCUT2D eigenvalue weighted by Crippen LogP contribution is -2.49. The lowest BCUT2D eigenvalue weighted by Gasteiger charge is -2.46. The molecule has 0 aromatic carbocycles. The summed E-state index contributed by atoms with van der Waals surface area (Å²) in [7, 11) is 2.02. The molecular weight excluding hydrogens is 396 g/mol. The molecule has 0 radical (unpaired) electrons. The number of hydrogen-bond acceptors (Lipinski definition) is 3. The molecule has 1 fully saturated rings. The van der Waals surface area contributed by atoms with Crippen molar-refractivity contribution < 1.29 is 9.53 Å². The first-order valence-corrected chi connectivity index (χ1v) is 13.8. The van der Waals surface area contributed by atoms with Gasteiger partial charge in [0.25, 0.3) is 0 Å². The fourth-order valence-corrected chi connectivity index (χ4v) is 6.08. The molecule has 32 heavy (non-hydrogen) atoms. The van der Waals surface area contributed by atoms with Gasteiger partial charge in [-0.3, -0.25) is 0 Å². The third-order valence-corrected chi connectivity index (χ3v) is 7.25. The highest BCUT2D eigenvalue weighted by Gasteiger charge is 2.41. The molecule has 0 heterocycles. The quantitative estimate of drug-likeness (QED) is 0.221. The summed E-state index contributed by atoms with van der Waals surface area (Å²) in [6, 6.07) is 0.200. The molecule has 1 rings (SSSR count). The number of hydrogen-bond donors (Lipinski definition) is 2. The summed E-state index contributed by atoms with van der Waals surface area (Å²) in [5.74, 6) is 0.515. The molecule has 1 aliphatic rings. The molecule has 4 heteroatoms. The molecule has 4 nitrogen and oxygen atoms in total. The fraction of sp³-hybridized carbons (Fsp3) is 0.964. The van der Waals surface area contributed by atoms with Crippen molar-refractivity contribution in [3.8, 4) is 0 Å². The van der Waals surface area contributed by atoms with Gasteiger partial charge in [0.1, 0.15) is 0 Å². The molecule has 0 bridgehead atoms. The van der Waals surface area contributed by atoms with Gasteiger partial charge in [0.2, 0.25) is 0 Å². The second-order valence-electron chi connectivity index (χ2n) is 11.8. The molecule has 3 atom stereocenters. The number of amides is 1. The van der Waals surface area contributed by atoms with Crippen molar-refractivity contribution in [3.05, 3.63) is 0 Å². The average molecular weight is 453 g/mol. The first-order valence-electron chi connectivity index (χ1n) is 13.8. The van der Waals surface area contributed by atoms with Gasteiger partial charge in [-0.15, -0.1) is 0 Å². The highest BCUT2D eigenvalue weighted by molar-refractivity contribution is 5.67. The molecule has 0 saturated heterocycles. The molecule has 1 aliphatic carbocycles. The zero-order chi connectivity index (χ0) is 23.9. The van der Waals surface area contributed by atoms with Crippen LogP contribution >= 0.6 is 0 Å². The van der Waals surface area contributed by atoms with Crippen LogP contribution in [0.4, 0.5) is 4.79 Å². The second-order valence-corrected chi connectivity index (χ2v) is 11.8. The summed E-state index contributed by atoms with van der Waals surface area (Å²) in [5, 5.41) is 6.57. The first-order chi connectivity index (χ1) is 15.2. The second kappa shape index (κ2) is 16.0. The maximum atomic E-state index is 12.7. The Morgan fingerprint density at radius 3 is 2.06 bits per heavy atom. The van der Waals surface area contributed by atoms with E-state index in [0.29, 0.717) is 12.5 Å². The van der Waals surface area contributed by atoms with E-state index in [4.69, 9.17) is 4.74 Å². The summed E-state index contributed by atoms with van der Waals surface area (Å²) in [6.07, 6.45) is 18.5. The summed E-state index contributed by atoms with van der Waals surface area (Å²) in [5.41, 5.74) is 0.454. The van der Waals surface area contributed by atoms with Gasteiger partial charge in [0.15, 0.2) is 0 Å². The van der Waals surface area contributed by atoms with E-state index < -0.39 is 0 Å². The van der Waals surface area contributed by atoms with E-state index in [2.05, 4.69) is 45.3 Å². The van der Waals surface area contributed by atoms with Gasteiger partial charge >= 0.3 is 6.09 Å². The third kappa shape index (κ3) is 13.1. The standard InChI is InChI=1S/C28H56N2O2/c1-7-9-11-13-14-16-18-24(17-15-12-10-8-2)21-32-26(31)30-25-19-27(3,4)22-28(5,20-25)23-29-6/h24-25,29H,7-23H2,1-6H3,(H,30,31). The summed E-state index contributed by atoms with van der Waals surface area (Å²) in [6.45, 7) is 13.1. The monoisotopic (exact) mass is 452 g/mol. The highest BCUT2D eigenvalue weighted by atomic mass is 16.5. The molecule has 2 N–H and O–H groups in total. The highest BCUT2D eigenvalue weighted by Crippen LogP contribution is 2.45. The van der Waals surface area contributed by atoms with E-state index in [1.165, 1.54) is 83.5 Å². The van der Waals surface area contributed by atoms with Crippen LogP contribution in [0.25, 0.3) is 0 Å². The van der Waals surface area contributed by atoms with Gasteiger partial charge in [0, 0.05) is 12.6 Å². The normalized spacial score (nSPS) is 23.6. The Morgan fingerprint density at radius 1 is 0.906 bits per heavy atom. The van der Waals surface area contributed by atoms with Gasteiger partial charge < -0.3 is 15.4 Å². The molecular formula is C28H56N2O2. The van der Waals surface area contributed by atoms with Gasteiger partial charge in [0.05, 0.1) is 6.61 Å². The average Bonchev–Trinajstić information content (AvgIpc) is 2.69. The number of carbonyl (C=O) groups excluding carboxylic acids is 1. The zero-order valence-electron chi connectivity index (χ0n) is 22.5. The van der Waals surface area contributed by atoms with Crippen molar-refractivity contribution in [2.75, 3.05) is 20.2 Å². The summed E-state index contributed by atoms with van der Waals surface area (Å²) >= 11 is 0. The van der Waals surface area contributed by atoms with Crippen molar-refractivity contribution in [1.29, 1.82) is 0 Å². The fourth-order valence-electron chi connectivity index (χ4n) is 6.08. The topological polar surface area (TPSA) is 50.4 Å². The number of ether oxygens (including phenoxy) is 1. The SMILES string of the molecule is CCCCCCCCC(CCCCCC)COC(=O)NC1CC(C)(C)CC(C)(CNC)C1. The van der Waals surface area contributed by atoms with Crippen molar-refractivity contribution in [2.45, 2.75) is 137 Å². The van der Waals surface area contributed by atoms with Crippen LogP contribution in [-0.2, 0) is 4.74 Å². The maximum Gasteiger partial charge on any atom is 0.407 e. The minimum Gasteiger partial charge on any atom is -0.449 e. The minimum absolute atomic E-state index is 0.200. The summed E-state index contributed by atoms with van der Waals surface area (Å²) in [4.78, 5) is 12.7. The summed E-state index contributed by atoms with van der Waals surface area (Å²) < 4.78 is 5.79. The van der Waals surface area contributed by atoms with Crippen LogP contribution in [0, 0.1) is 16.7 Å². The molecule has 0 aromatic heterocycles. The first kappa shape index (κ1) is 29.3. The maximum absolute atomic E-state index is 12.7. The number of carbonyl (C=O) groups is 1. The predicted octanol–water partition coefficient (Wildman–Crippen LogP) is 7.85. The van der Waals surface area contributed by atoms with Crippen LogP contribution in [0.5, 0.6) is 0 Å². The Balaban J connectivity index is 2.47. The van der Waals surface area contributed by atoms with Gasteiger partial charge in [-0.05, 0) is 55.9 Å². The Morgan fingerprint density at radius 2 is 1.47 bits per heavy atom. The van der Waals surface area contributed by atoms with Crippen molar-refractivity contribution in [1.82, 2.24) is 10.6 Å². The van der Waals surface area contributed by atoms with Gasteiger partial charge in [-0.1, -0.05) is 98.8 Å². The molecule has 1 saturated carbocycles. The van der Waals surface area contributed by atoms with Crippen molar-refractivity contribution in [2.24, 2.45) is 16.7 Å². The lowest BCUT2D eigenvalue weighted by atomic mass is 9.62. The molecule has 1 amide bonds. The Hall–Kier alpha value is -0.770. The third-order valence-electron chi connectivity index (χ3n) is 7.25. The van der Waals surface area contributed by atoms with E-state index in [1.807, 2.05) is 7.05 Å². The van der Waals surface area contributed by atoms with Crippen molar-refractivity contribution >= 4 is 6.09 Å². The molecule has 0 aliphatic heterocycles. The van der Waals surface area contributed by atoms with E-state index in [-0.39, 0.29) is 23.0 Å². The van der Waals surface area contributed by atoms with Gasteiger partial charge in [-0.2, -0.15) is 0 Å². The number of rotatable bonds is 17. The number of unbranched alkanes of at least 4 members (excludes halogenated alkanes) is 8. The molecule has 190 valence electrons. The van der Waals surface area contributed by atoms with Gasteiger partial charge in [-0.25, -0.2) is 4.79 Å². The van der Waals surface area contributed by atoms with Crippen LogP contribution in [0.15, 0.2) is 0 Å². The Labute approximate surface area is 200 Å². The molecule has 0 spiro atoms. The van der Waals surface area contributed by atoms with E-state index in [0.717, 1.165) is 19.4 Å². The van der Waals surface area contributed by atoms with Crippen LogP contribution in [0.2, 0.25) is 0 Å². The number of alkyl carbamates (subject to hydrolysis) is 1. The van der Waals surface area contributed by atoms with E-state index in [9.17, 15) is 4.79 Å². The Bertz CT molecular complexity index is 494. The van der Waals surface area contributed by atoms with Crippen LogP contribution < -0.4 is 10.6 Å². The Kier molecular flexibility index (Phi) is 14.6. The van der Waals surface area contributed by atoms with E-state index in [1.54, 1.807) is 0 Å². The van der Waals surface area contributed by atoms with Crippen molar-refractivity contribution in [3.63, 3.8) is 0 Å². The largest absolute Gasteiger partial charge is 0.449 e. The van der Waals surface area contributed by atoms with E-state index >= 15 is 0 Å². The smallest absolute Gasteiger partial charge is 0.407 e. The molecule has 0 aromatic rings. The lowest BCUT2D eigenvalue weighted by molar-refractivity contribution is 0.0632. The van der Waals surface area contributed by atoms with Crippen LogP contribution in [0.1, 0.15) is 131 Å². The van der Waals surface area contributed by atoms with Crippen LogP contribution in [-0.4, -0.2) is 32.3 Å². The van der Waals surface area contributed by atoms with Crippen LogP contribution in [0.3, 0.4) is 0 Å². The number of nitrogens with one attached hydrogen (secondary N) is 2. The molecule has 3 unspecified atom stereocenters. The predicted molar refractivity (Wildman–Crippen MR) is 138 cm³/mol. The minimum atomic E-state index is -0.207. The zero-order valence-corrected chi connectivity index (χ0v) is 22.5.